The van der Waals surface area contributed by atoms with E-state index in [1.165, 1.54) is 0 Å². The fraction of sp³-hybridized carbons (Fsp3) is 0.318. The van der Waals surface area contributed by atoms with E-state index in [-0.39, 0.29) is 23.9 Å². The molecule has 2 aliphatic rings. The van der Waals surface area contributed by atoms with Crippen LogP contribution in [-0.2, 0) is 4.79 Å². The number of benzene rings is 2. The summed E-state index contributed by atoms with van der Waals surface area (Å²) in [5.41, 5.74) is 2.81. The molecule has 0 radical (unpaired) electrons. The quantitative estimate of drug-likeness (QED) is 0.729. The van der Waals surface area contributed by atoms with E-state index in [0.717, 1.165) is 11.4 Å². The molecule has 0 atom stereocenters. The number of nitrogens with zero attached hydrogens (tertiary/aromatic N) is 2. The summed E-state index contributed by atoms with van der Waals surface area (Å²) in [6.45, 7) is 1.46. The highest BCUT2D eigenvalue weighted by Crippen LogP contribution is 2.29. The Morgan fingerprint density at radius 2 is 1.80 bits per heavy atom. The fourth-order valence-electron chi connectivity index (χ4n) is 3.82. The summed E-state index contributed by atoms with van der Waals surface area (Å²) in [5, 5.41) is 8.76. The van der Waals surface area contributed by atoms with Crippen LogP contribution in [0.5, 0.6) is 0 Å². The van der Waals surface area contributed by atoms with Crippen molar-refractivity contribution in [3.05, 3.63) is 54.1 Å². The van der Waals surface area contributed by atoms with E-state index >= 15 is 0 Å². The van der Waals surface area contributed by atoms with Gasteiger partial charge in [-0.25, -0.2) is 4.79 Å². The van der Waals surface area contributed by atoms with Crippen LogP contribution in [0.2, 0.25) is 0 Å². The lowest BCUT2D eigenvalue weighted by Gasteiger charge is -2.32. The number of fused-ring (bicyclic) bond motifs is 1. The van der Waals surface area contributed by atoms with Crippen molar-refractivity contribution < 1.29 is 14.4 Å². The second-order valence-electron chi connectivity index (χ2n) is 7.67. The molecule has 2 heterocycles. The van der Waals surface area contributed by atoms with E-state index in [1.807, 2.05) is 48.3 Å². The van der Waals surface area contributed by atoms with Gasteiger partial charge in [0.1, 0.15) is 0 Å². The minimum absolute atomic E-state index is 0.00609. The minimum Gasteiger partial charge on any atom is -0.364 e. The van der Waals surface area contributed by atoms with E-state index < -0.39 is 0 Å². The molecule has 8 nitrogen and oxygen atoms in total. The second-order valence-corrected chi connectivity index (χ2v) is 7.67. The first-order chi connectivity index (χ1) is 14.5. The van der Waals surface area contributed by atoms with Crippen LogP contribution >= 0.6 is 0 Å². The van der Waals surface area contributed by atoms with Gasteiger partial charge in [0, 0.05) is 37.4 Å². The summed E-state index contributed by atoms with van der Waals surface area (Å²) in [7, 11) is 1.85. The molecule has 1 saturated heterocycles. The van der Waals surface area contributed by atoms with Crippen molar-refractivity contribution >= 4 is 34.9 Å². The van der Waals surface area contributed by atoms with Crippen LogP contribution in [0.1, 0.15) is 23.2 Å². The molecular formula is C22H25N5O3. The Morgan fingerprint density at radius 3 is 2.53 bits per heavy atom. The molecule has 2 aromatic carbocycles. The number of likely N-dealkylation sites (tertiary alicyclic amines) is 1. The third-order valence-corrected chi connectivity index (χ3v) is 5.47. The van der Waals surface area contributed by atoms with Gasteiger partial charge < -0.3 is 25.8 Å². The van der Waals surface area contributed by atoms with E-state index in [0.29, 0.717) is 43.7 Å². The molecule has 4 amide bonds. The predicted octanol–water partition coefficient (Wildman–Crippen LogP) is 2.50. The smallest absolute Gasteiger partial charge is 0.321 e. The van der Waals surface area contributed by atoms with Gasteiger partial charge in [0.15, 0.2) is 0 Å². The molecule has 3 N–H and O–H groups in total. The Morgan fingerprint density at radius 1 is 1.07 bits per heavy atom. The van der Waals surface area contributed by atoms with Crippen molar-refractivity contribution in [1.29, 1.82) is 0 Å². The molecule has 0 saturated carbocycles. The number of anilines is 3. The van der Waals surface area contributed by atoms with E-state index in [4.69, 9.17) is 0 Å². The molecule has 2 aliphatic heterocycles. The molecule has 0 bridgehead atoms. The number of hydrogen-bond donors (Lipinski definition) is 3. The third-order valence-electron chi connectivity index (χ3n) is 5.47. The number of carbonyl (C=O) groups excluding carboxylic acids is 3. The second kappa shape index (κ2) is 8.44. The summed E-state index contributed by atoms with van der Waals surface area (Å²) in [4.78, 5) is 40.4. The van der Waals surface area contributed by atoms with Gasteiger partial charge in [0.2, 0.25) is 5.91 Å². The van der Waals surface area contributed by atoms with Crippen molar-refractivity contribution in [3.63, 3.8) is 0 Å². The lowest BCUT2D eigenvalue weighted by atomic mass is 10.0. The van der Waals surface area contributed by atoms with Crippen LogP contribution in [0.15, 0.2) is 48.5 Å². The van der Waals surface area contributed by atoms with Gasteiger partial charge in [-0.1, -0.05) is 18.2 Å². The highest BCUT2D eigenvalue weighted by Gasteiger charge is 2.25. The van der Waals surface area contributed by atoms with Gasteiger partial charge in [-0.3, -0.25) is 9.59 Å². The summed E-state index contributed by atoms with van der Waals surface area (Å²) < 4.78 is 0. The average molecular weight is 407 g/mol. The number of piperidine rings is 1. The predicted molar refractivity (Wildman–Crippen MR) is 116 cm³/mol. The number of nitrogens with one attached hydrogen (secondary N) is 3. The zero-order chi connectivity index (χ0) is 21.1. The van der Waals surface area contributed by atoms with Crippen LogP contribution in [-0.4, -0.2) is 55.5 Å². The molecule has 0 spiro atoms. The van der Waals surface area contributed by atoms with Crippen LogP contribution in [0.3, 0.4) is 0 Å². The monoisotopic (exact) mass is 407 g/mol. The van der Waals surface area contributed by atoms with Crippen molar-refractivity contribution in [1.82, 2.24) is 10.2 Å². The Balaban J connectivity index is 1.31. The van der Waals surface area contributed by atoms with E-state index in [2.05, 4.69) is 16.0 Å². The van der Waals surface area contributed by atoms with Crippen molar-refractivity contribution in [3.8, 4) is 0 Å². The van der Waals surface area contributed by atoms with Crippen LogP contribution in [0.25, 0.3) is 0 Å². The molecule has 0 aromatic heterocycles. The van der Waals surface area contributed by atoms with Gasteiger partial charge >= 0.3 is 6.03 Å². The highest BCUT2D eigenvalue weighted by atomic mass is 16.2. The third kappa shape index (κ3) is 4.37. The number of amides is 4. The average Bonchev–Trinajstić information content (AvgIpc) is 2.74. The number of rotatable bonds is 3. The molecule has 1 fully saturated rings. The Hall–Kier alpha value is -3.55. The molecule has 0 aliphatic carbocycles. The summed E-state index contributed by atoms with van der Waals surface area (Å²) in [6, 6.07) is 14.6. The molecule has 2 aromatic rings. The van der Waals surface area contributed by atoms with Gasteiger partial charge in [-0.05, 0) is 43.2 Å². The fourth-order valence-corrected chi connectivity index (χ4v) is 3.82. The minimum atomic E-state index is -0.174. The molecule has 156 valence electrons. The molecule has 4 rings (SSSR count). The molecule has 0 unspecified atom stereocenters. The Labute approximate surface area is 175 Å². The summed E-state index contributed by atoms with van der Waals surface area (Å²) in [6.07, 6.45) is 1.39. The first kappa shape index (κ1) is 19.8. The Bertz CT molecular complexity index is 955. The standard InChI is InChI=1S/C22H25N5O3/c1-26-14-20(28)25-18-13-15(7-8-19(18)26)21(29)23-17-9-11-27(12-10-17)22(30)24-16-5-3-2-4-6-16/h2-8,13,17H,9-12,14H2,1H3,(H,23,29)(H,24,30)(H,25,28). The molecular weight excluding hydrogens is 382 g/mol. The maximum absolute atomic E-state index is 12.7. The lowest BCUT2D eigenvalue weighted by molar-refractivity contribution is -0.115. The number of urea groups is 1. The first-order valence-electron chi connectivity index (χ1n) is 10.1. The van der Waals surface area contributed by atoms with E-state index in [9.17, 15) is 14.4 Å². The highest BCUT2D eigenvalue weighted by molar-refractivity contribution is 6.04. The van der Waals surface area contributed by atoms with Crippen LogP contribution in [0, 0.1) is 0 Å². The summed E-state index contributed by atoms with van der Waals surface area (Å²) in [5.74, 6) is -0.267. The lowest BCUT2D eigenvalue weighted by Crippen LogP contribution is -2.47. The zero-order valence-electron chi connectivity index (χ0n) is 16.9. The van der Waals surface area contributed by atoms with Gasteiger partial charge in [0.05, 0.1) is 17.9 Å². The normalized spacial score (nSPS) is 16.5. The van der Waals surface area contributed by atoms with Crippen LogP contribution < -0.4 is 20.9 Å². The van der Waals surface area contributed by atoms with Gasteiger partial charge in [-0.15, -0.1) is 0 Å². The molecule has 30 heavy (non-hydrogen) atoms. The largest absolute Gasteiger partial charge is 0.364 e. The topological polar surface area (TPSA) is 93.8 Å². The van der Waals surface area contributed by atoms with Crippen molar-refractivity contribution in [2.45, 2.75) is 18.9 Å². The number of carbonyl (C=O) groups is 3. The molecule has 8 heteroatoms. The van der Waals surface area contributed by atoms with Gasteiger partial charge in [0.25, 0.3) is 5.91 Å². The number of hydrogen-bond acceptors (Lipinski definition) is 4. The summed E-state index contributed by atoms with van der Waals surface area (Å²) >= 11 is 0. The number of para-hydroxylation sites is 1. The SMILES string of the molecule is CN1CC(=O)Nc2cc(C(=O)NC3CCN(C(=O)Nc4ccccc4)CC3)ccc21. The Kier molecular flexibility index (Phi) is 5.56. The maximum Gasteiger partial charge on any atom is 0.321 e. The first-order valence-corrected chi connectivity index (χ1v) is 10.1. The van der Waals surface area contributed by atoms with Gasteiger partial charge in [-0.2, -0.15) is 0 Å². The zero-order valence-corrected chi connectivity index (χ0v) is 16.9. The van der Waals surface area contributed by atoms with Crippen molar-refractivity contribution in [2.75, 3.05) is 42.2 Å². The van der Waals surface area contributed by atoms with Crippen molar-refractivity contribution in [2.24, 2.45) is 0 Å². The maximum atomic E-state index is 12.7. The number of likely N-dealkylation sites (N-methyl/N-ethyl adjacent to an activating group) is 1. The van der Waals surface area contributed by atoms with Crippen LogP contribution in [0.4, 0.5) is 21.9 Å². The van der Waals surface area contributed by atoms with E-state index in [1.54, 1.807) is 17.0 Å².